The van der Waals surface area contributed by atoms with Crippen LogP contribution in [-0.2, 0) is 13.0 Å². The quantitative estimate of drug-likeness (QED) is 0.210. The number of aromatic nitrogens is 2. The van der Waals surface area contributed by atoms with Crippen LogP contribution in [0.3, 0.4) is 0 Å². The highest BCUT2D eigenvalue weighted by Gasteiger charge is 2.20. The maximum Gasteiger partial charge on any atom is 0.356 e. The number of anilines is 1. The predicted octanol–water partition coefficient (Wildman–Crippen LogP) is 1.26. The van der Waals surface area contributed by atoms with E-state index in [1.54, 1.807) is 0 Å². The molecule has 0 atom stereocenters. The molecule has 30 heavy (non-hydrogen) atoms. The van der Waals surface area contributed by atoms with Gasteiger partial charge in [-0.05, 0) is 30.5 Å². The largest absolute Gasteiger partial charge is 1.00 e. The van der Waals surface area contributed by atoms with Crippen molar-refractivity contribution in [2.45, 2.75) is 52.0 Å². The van der Waals surface area contributed by atoms with E-state index in [2.05, 4.69) is 29.4 Å². The number of aliphatic hydroxyl groups excluding tert-OH is 1. The molecule has 0 radical (unpaired) electrons. The highest BCUT2D eigenvalue weighted by molar-refractivity contribution is 5.95. The van der Waals surface area contributed by atoms with Gasteiger partial charge in [-0.15, -0.1) is 0 Å². The molecule has 0 fully saturated rings. The number of para-hydroxylation sites is 2. The van der Waals surface area contributed by atoms with Crippen molar-refractivity contribution in [3.8, 4) is 0 Å². The number of halogens is 1. The molecule has 3 aromatic rings. The van der Waals surface area contributed by atoms with Crippen molar-refractivity contribution in [1.82, 2.24) is 4.98 Å². The summed E-state index contributed by atoms with van der Waals surface area (Å²) in [4.78, 5) is 16.2. The molecule has 6 heteroatoms. The first-order chi connectivity index (χ1) is 14.2. The van der Waals surface area contributed by atoms with Gasteiger partial charge in [-0.25, -0.2) is 9.55 Å². The highest BCUT2D eigenvalue weighted by atomic mass is 79.9. The number of nitrogens with zero attached hydrogens (tertiary/aromatic N) is 1. The SMILES string of the molecule is CCCCCCCc1ccc(C(=O)C[n+]2c(NCCO)[nH]c3ccccc32)cc1.[Br-]. The van der Waals surface area contributed by atoms with Gasteiger partial charge in [-0.3, -0.25) is 10.1 Å². The van der Waals surface area contributed by atoms with Crippen molar-refractivity contribution < 1.29 is 31.4 Å². The van der Waals surface area contributed by atoms with E-state index in [1.807, 2.05) is 41.0 Å². The molecule has 0 bridgehead atoms. The van der Waals surface area contributed by atoms with E-state index in [4.69, 9.17) is 5.11 Å². The summed E-state index contributed by atoms with van der Waals surface area (Å²) in [5.41, 5.74) is 3.94. The number of benzene rings is 2. The number of unbranched alkanes of at least 4 members (excludes halogenated alkanes) is 4. The Labute approximate surface area is 189 Å². The van der Waals surface area contributed by atoms with E-state index in [1.165, 1.54) is 37.7 Å². The van der Waals surface area contributed by atoms with Crippen molar-refractivity contribution >= 4 is 22.8 Å². The number of nitrogens with one attached hydrogen (secondary N) is 2. The smallest absolute Gasteiger partial charge is 0.356 e. The zero-order valence-corrected chi connectivity index (χ0v) is 19.2. The number of ketones is 1. The molecule has 3 rings (SSSR count). The molecule has 0 aliphatic rings. The molecule has 0 aliphatic carbocycles. The molecule has 0 saturated carbocycles. The topological polar surface area (TPSA) is 69.0 Å². The Morgan fingerprint density at radius 2 is 1.77 bits per heavy atom. The zero-order chi connectivity index (χ0) is 20.5. The number of hydrogen-bond donors (Lipinski definition) is 3. The van der Waals surface area contributed by atoms with Crippen LogP contribution >= 0.6 is 0 Å². The molecular weight excluding hydrogens is 442 g/mol. The lowest BCUT2D eigenvalue weighted by atomic mass is 10.0. The third-order valence-corrected chi connectivity index (χ3v) is 5.27. The minimum atomic E-state index is 0. The second-order valence-corrected chi connectivity index (χ2v) is 7.51. The summed E-state index contributed by atoms with van der Waals surface area (Å²) in [6.45, 7) is 2.93. The fourth-order valence-corrected chi connectivity index (χ4v) is 3.63. The first kappa shape index (κ1) is 24.1. The summed E-state index contributed by atoms with van der Waals surface area (Å²) in [6.07, 6.45) is 7.44. The standard InChI is InChI=1S/C24H31N3O2.BrH/c1-2-3-4-5-6-9-19-12-14-20(15-13-19)23(29)18-27-22-11-8-7-10-21(22)26-24(27)25-16-17-28;/h7-8,10-15,28H,2-6,9,16-18H2,1H3,(H,25,26);1H. The van der Waals surface area contributed by atoms with Crippen molar-refractivity contribution in [3.63, 3.8) is 0 Å². The van der Waals surface area contributed by atoms with E-state index in [0.717, 1.165) is 29.0 Å². The van der Waals surface area contributed by atoms with Gasteiger partial charge in [0.25, 0.3) is 0 Å². The summed E-state index contributed by atoms with van der Waals surface area (Å²) in [6, 6.07) is 15.9. The molecule has 1 heterocycles. The second-order valence-electron chi connectivity index (χ2n) is 7.51. The van der Waals surface area contributed by atoms with Crippen molar-refractivity contribution in [3.05, 3.63) is 59.7 Å². The maximum atomic E-state index is 12.9. The van der Waals surface area contributed by atoms with E-state index in [9.17, 15) is 4.79 Å². The van der Waals surface area contributed by atoms with Crippen LogP contribution in [0.15, 0.2) is 48.5 Å². The predicted molar refractivity (Wildman–Crippen MR) is 117 cm³/mol. The summed E-state index contributed by atoms with van der Waals surface area (Å²) < 4.78 is 1.94. The van der Waals surface area contributed by atoms with Gasteiger partial charge in [0.1, 0.15) is 17.6 Å². The number of H-pyrrole nitrogens is 1. The zero-order valence-electron chi connectivity index (χ0n) is 17.7. The lowest BCUT2D eigenvalue weighted by Crippen LogP contribution is -3.00. The highest BCUT2D eigenvalue weighted by Crippen LogP contribution is 2.14. The van der Waals surface area contributed by atoms with Crippen LogP contribution in [0.4, 0.5) is 5.95 Å². The normalized spacial score (nSPS) is 10.7. The number of imidazole rings is 1. The summed E-state index contributed by atoms with van der Waals surface area (Å²) in [7, 11) is 0. The van der Waals surface area contributed by atoms with Gasteiger partial charge in [-0.1, -0.05) is 69.0 Å². The number of rotatable bonds is 12. The Balaban J connectivity index is 0.00000320. The van der Waals surface area contributed by atoms with Gasteiger partial charge in [-0.2, -0.15) is 0 Å². The molecule has 5 nitrogen and oxygen atoms in total. The van der Waals surface area contributed by atoms with Crippen LogP contribution < -0.4 is 26.9 Å². The number of aliphatic hydroxyl groups is 1. The molecule has 0 amide bonds. The van der Waals surface area contributed by atoms with Crippen LogP contribution in [-0.4, -0.2) is 29.0 Å². The van der Waals surface area contributed by atoms with Gasteiger partial charge in [0.15, 0.2) is 5.78 Å². The fraction of sp³-hybridized carbons (Fsp3) is 0.417. The van der Waals surface area contributed by atoms with Crippen LogP contribution in [0.1, 0.15) is 54.9 Å². The molecular formula is C24H32BrN3O2. The number of aromatic amines is 1. The summed E-state index contributed by atoms with van der Waals surface area (Å²) in [5.74, 6) is 0.804. The van der Waals surface area contributed by atoms with Crippen LogP contribution in [0.2, 0.25) is 0 Å². The number of Topliss-reactive ketones (excluding diaryl/α,β-unsaturated/α-hetero) is 1. The van der Waals surface area contributed by atoms with Crippen LogP contribution in [0.25, 0.3) is 11.0 Å². The summed E-state index contributed by atoms with van der Waals surface area (Å²) in [5, 5.41) is 12.3. The van der Waals surface area contributed by atoms with Crippen molar-refractivity contribution in [2.24, 2.45) is 0 Å². The number of aryl methyl sites for hydroxylation is 1. The molecule has 0 saturated heterocycles. The average molecular weight is 474 g/mol. The first-order valence-corrected chi connectivity index (χ1v) is 10.7. The van der Waals surface area contributed by atoms with Crippen molar-refractivity contribution in [2.75, 3.05) is 18.5 Å². The Bertz CT molecular complexity index is 922. The third kappa shape index (κ3) is 6.41. The number of carbonyl (C=O) groups is 1. The maximum absolute atomic E-state index is 12.9. The van der Waals surface area contributed by atoms with Crippen LogP contribution in [0, 0.1) is 0 Å². The molecule has 0 aliphatic heterocycles. The molecule has 0 spiro atoms. The number of fused-ring (bicyclic) bond motifs is 1. The van der Waals surface area contributed by atoms with Gasteiger partial charge in [0.2, 0.25) is 0 Å². The minimum Gasteiger partial charge on any atom is -1.00 e. The first-order valence-electron chi connectivity index (χ1n) is 10.7. The molecule has 162 valence electrons. The molecule has 1 aromatic heterocycles. The minimum absolute atomic E-state index is 0. The van der Waals surface area contributed by atoms with Gasteiger partial charge >= 0.3 is 5.95 Å². The van der Waals surface area contributed by atoms with Crippen LogP contribution in [0.5, 0.6) is 0 Å². The third-order valence-electron chi connectivity index (χ3n) is 5.27. The molecule has 0 unspecified atom stereocenters. The van der Waals surface area contributed by atoms with Gasteiger partial charge in [0.05, 0.1) is 13.2 Å². The number of hydrogen-bond acceptors (Lipinski definition) is 3. The Hall–Kier alpha value is -2.18. The molecule has 2 aromatic carbocycles. The fourth-order valence-electron chi connectivity index (χ4n) is 3.63. The van der Waals surface area contributed by atoms with E-state index in [0.29, 0.717) is 6.54 Å². The monoisotopic (exact) mass is 473 g/mol. The summed E-state index contributed by atoms with van der Waals surface area (Å²) >= 11 is 0. The second kappa shape index (κ2) is 12.5. The Morgan fingerprint density at radius 3 is 2.50 bits per heavy atom. The number of carbonyl (C=O) groups excluding carboxylic acids is 1. The van der Waals surface area contributed by atoms with Gasteiger partial charge < -0.3 is 22.1 Å². The lowest BCUT2D eigenvalue weighted by molar-refractivity contribution is -0.642. The van der Waals surface area contributed by atoms with Gasteiger partial charge in [0, 0.05) is 5.56 Å². The Morgan fingerprint density at radius 1 is 1.03 bits per heavy atom. The van der Waals surface area contributed by atoms with E-state index >= 15 is 0 Å². The van der Waals surface area contributed by atoms with E-state index < -0.39 is 0 Å². The Kier molecular flexibility index (Phi) is 10.0. The van der Waals surface area contributed by atoms with Crippen molar-refractivity contribution in [1.29, 1.82) is 0 Å². The lowest BCUT2D eigenvalue weighted by Gasteiger charge is -2.06. The van der Waals surface area contributed by atoms with E-state index in [-0.39, 0.29) is 35.9 Å². The average Bonchev–Trinajstić information content (AvgIpc) is 3.10. The molecule has 3 N–H and O–H groups in total.